The van der Waals surface area contributed by atoms with E-state index in [0.717, 1.165) is 22.4 Å². The van der Waals surface area contributed by atoms with Gasteiger partial charge in [0.05, 0.1) is 0 Å². The van der Waals surface area contributed by atoms with E-state index in [2.05, 4.69) is 0 Å². The first-order valence-corrected chi connectivity index (χ1v) is 6.41. The predicted octanol–water partition coefficient (Wildman–Crippen LogP) is 3.06. The van der Waals surface area contributed by atoms with Crippen molar-refractivity contribution in [1.29, 1.82) is 0 Å². The molecule has 0 aliphatic carbocycles. The molecule has 2 aliphatic rings. The number of hydrogen-bond acceptors (Lipinski definition) is 3. The van der Waals surface area contributed by atoms with Gasteiger partial charge in [0.1, 0.15) is 17.5 Å². The molecule has 0 aromatic heterocycles. The van der Waals surface area contributed by atoms with Crippen LogP contribution < -0.4 is 4.74 Å². The molecule has 0 saturated carbocycles. The van der Waals surface area contributed by atoms with Gasteiger partial charge in [0.25, 0.3) is 0 Å². The molecule has 2 heterocycles. The van der Waals surface area contributed by atoms with Crippen LogP contribution in [0.5, 0.6) is 5.75 Å². The zero-order valence-corrected chi connectivity index (χ0v) is 10.5. The summed E-state index contributed by atoms with van der Waals surface area (Å²) in [5.74, 6) is 0.787. The number of ether oxygens (including phenoxy) is 2. The molecule has 3 atom stereocenters. The van der Waals surface area contributed by atoms with Gasteiger partial charge in [-0.3, -0.25) is 0 Å². The molecule has 2 aromatic carbocycles. The summed E-state index contributed by atoms with van der Waals surface area (Å²) in [4.78, 5) is 0. The van der Waals surface area contributed by atoms with Crippen molar-refractivity contribution in [3.63, 3.8) is 0 Å². The molecule has 1 N–H and O–H groups in total. The summed E-state index contributed by atoms with van der Waals surface area (Å²) >= 11 is 0. The molecule has 19 heavy (non-hydrogen) atoms. The topological polar surface area (TPSA) is 38.7 Å². The zero-order chi connectivity index (χ0) is 13.0. The smallest absolute Gasteiger partial charge is 0.228 e. The van der Waals surface area contributed by atoms with E-state index in [4.69, 9.17) is 9.47 Å². The summed E-state index contributed by atoms with van der Waals surface area (Å²) < 4.78 is 11.9. The molecule has 0 radical (unpaired) electrons. The first-order valence-electron chi connectivity index (χ1n) is 6.41. The average Bonchev–Trinajstić information content (AvgIpc) is 2.45. The highest BCUT2D eigenvalue weighted by Crippen LogP contribution is 2.54. The Hall–Kier alpha value is -1.84. The van der Waals surface area contributed by atoms with E-state index in [1.54, 1.807) is 0 Å². The minimum absolute atomic E-state index is 0.445. The van der Waals surface area contributed by atoms with Gasteiger partial charge in [-0.1, -0.05) is 42.5 Å². The second-order valence-corrected chi connectivity index (χ2v) is 5.20. The van der Waals surface area contributed by atoms with Crippen molar-refractivity contribution in [2.45, 2.75) is 24.9 Å². The lowest BCUT2D eigenvalue weighted by atomic mass is 9.80. The summed E-state index contributed by atoms with van der Waals surface area (Å²) in [5, 5.41) is 10.7. The third kappa shape index (κ3) is 1.34. The molecule has 3 heteroatoms. The van der Waals surface area contributed by atoms with Gasteiger partial charge in [0.15, 0.2) is 0 Å². The van der Waals surface area contributed by atoms with Crippen molar-refractivity contribution in [3.05, 3.63) is 65.2 Å². The highest BCUT2D eigenvalue weighted by molar-refractivity contribution is 5.46. The van der Waals surface area contributed by atoms with Crippen molar-refractivity contribution >= 4 is 0 Å². The normalized spacial score (nSPS) is 31.1. The Labute approximate surface area is 111 Å². The predicted molar refractivity (Wildman–Crippen MR) is 69.6 cm³/mol. The molecule has 0 amide bonds. The van der Waals surface area contributed by atoms with Crippen LogP contribution in [0.15, 0.2) is 48.5 Å². The summed E-state index contributed by atoms with van der Waals surface area (Å²) in [5.41, 5.74) is 1.93. The SMILES string of the molecule is C[C@@]12O[C@@H](Oc3ccccc31)c1ccccc1[C@@H]2O. The van der Waals surface area contributed by atoms with E-state index < -0.39 is 18.0 Å². The van der Waals surface area contributed by atoms with E-state index in [1.165, 1.54) is 0 Å². The maximum absolute atomic E-state index is 10.7. The maximum atomic E-state index is 10.7. The minimum atomic E-state index is -0.756. The molecule has 0 saturated heterocycles. The number of para-hydroxylation sites is 1. The standard InChI is InChI=1S/C16H14O3/c1-16-12-8-4-5-9-13(12)18-15(19-16)11-7-3-2-6-10(11)14(16)17/h2-9,14-15,17H,1H3/t14-,15+,16+/m0/s1. The number of rotatable bonds is 0. The minimum Gasteiger partial charge on any atom is -0.460 e. The summed E-state index contributed by atoms with van der Waals surface area (Å²) in [6.07, 6.45) is -1.13. The maximum Gasteiger partial charge on any atom is 0.228 e. The lowest BCUT2D eigenvalue weighted by Gasteiger charge is -2.47. The monoisotopic (exact) mass is 254 g/mol. The molecule has 0 unspecified atom stereocenters. The quantitative estimate of drug-likeness (QED) is 0.785. The Balaban J connectivity index is 1.98. The Morgan fingerprint density at radius 1 is 1.00 bits per heavy atom. The molecular formula is C16H14O3. The van der Waals surface area contributed by atoms with E-state index in [1.807, 2.05) is 55.5 Å². The fraction of sp³-hybridized carbons (Fsp3) is 0.250. The van der Waals surface area contributed by atoms with Crippen LogP contribution in [0.25, 0.3) is 0 Å². The number of hydrogen-bond donors (Lipinski definition) is 1. The zero-order valence-electron chi connectivity index (χ0n) is 10.5. The Morgan fingerprint density at radius 3 is 2.53 bits per heavy atom. The van der Waals surface area contributed by atoms with Gasteiger partial charge in [-0.05, 0) is 18.6 Å². The fourth-order valence-electron chi connectivity index (χ4n) is 3.01. The molecule has 3 nitrogen and oxygen atoms in total. The Kier molecular flexibility index (Phi) is 2.08. The summed E-state index contributed by atoms with van der Waals surface area (Å²) in [7, 11) is 0. The molecule has 0 spiro atoms. The molecule has 96 valence electrons. The third-order valence-electron chi connectivity index (χ3n) is 4.07. The highest BCUT2D eigenvalue weighted by Gasteiger charge is 2.50. The van der Waals surface area contributed by atoms with Gasteiger partial charge in [0.2, 0.25) is 6.29 Å². The van der Waals surface area contributed by atoms with Gasteiger partial charge in [-0.25, -0.2) is 0 Å². The lowest BCUT2D eigenvalue weighted by Crippen LogP contribution is -2.44. The Bertz CT molecular complexity index is 652. The Morgan fingerprint density at radius 2 is 1.68 bits per heavy atom. The third-order valence-corrected chi connectivity index (χ3v) is 4.07. The van der Waals surface area contributed by atoms with Gasteiger partial charge in [-0.15, -0.1) is 0 Å². The van der Waals surface area contributed by atoms with Crippen LogP contribution in [0, 0.1) is 0 Å². The van der Waals surface area contributed by atoms with Crippen molar-refractivity contribution in [1.82, 2.24) is 0 Å². The van der Waals surface area contributed by atoms with Gasteiger partial charge >= 0.3 is 0 Å². The van der Waals surface area contributed by atoms with Gasteiger partial charge in [0, 0.05) is 11.1 Å². The van der Waals surface area contributed by atoms with Crippen LogP contribution in [0.1, 0.15) is 36.0 Å². The first kappa shape index (κ1) is 11.0. The molecular weight excluding hydrogens is 240 g/mol. The van der Waals surface area contributed by atoms with E-state index >= 15 is 0 Å². The van der Waals surface area contributed by atoms with E-state index in [-0.39, 0.29) is 0 Å². The van der Waals surface area contributed by atoms with Crippen LogP contribution in [-0.4, -0.2) is 5.11 Å². The van der Waals surface area contributed by atoms with Crippen LogP contribution in [0.2, 0.25) is 0 Å². The molecule has 2 aliphatic heterocycles. The fourth-order valence-corrected chi connectivity index (χ4v) is 3.01. The van der Waals surface area contributed by atoms with Crippen LogP contribution in [0.3, 0.4) is 0 Å². The second kappa shape index (κ2) is 3.59. The van der Waals surface area contributed by atoms with Crippen molar-refractivity contribution in [2.24, 2.45) is 0 Å². The average molecular weight is 254 g/mol. The van der Waals surface area contributed by atoms with E-state index in [9.17, 15) is 5.11 Å². The van der Waals surface area contributed by atoms with Crippen molar-refractivity contribution < 1.29 is 14.6 Å². The lowest BCUT2D eigenvalue weighted by molar-refractivity contribution is -0.245. The van der Waals surface area contributed by atoms with E-state index in [0.29, 0.717) is 0 Å². The number of aliphatic hydroxyl groups is 1. The van der Waals surface area contributed by atoms with Gasteiger partial charge in [-0.2, -0.15) is 0 Å². The number of benzene rings is 2. The summed E-state index contributed by atoms with van der Waals surface area (Å²) in [6, 6.07) is 15.5. The molecule has 4 rings (SSSR count). The van der Waals surface area contributed by atoms with Crippen LogP contribution in [0.4, 0.5) is 0 Å². The highest BCUT2D eigenvalue weighted by atomic mass is 16.7. The molecule has 0 fully saturated rings. The first-order chi connectivity index (χ1) is 9.20. The number of fused-ring (bicyclic) bond motifs is 6. The summed E-state index contributed by atoms with van der Waals surface area (Å²) in [6.45, 7) is 1.92. The van der Waals surface area contributed by atoms with Gasteiger partial charge < -0.3 is 14.6 Å². The van der Waals surface area contributed by atoms with Crippen LogP contribution >= 0.6 is 0 Å². The van der Waals surface area contributed by atoms with Crippen molar-refractivity contribution in [2.75, 3.05) is 0 Å². The second-order valence-electron chi connectivity index (χ2n) is 5.20. The van der Waals surface area contributed by atoms with Crippen molar-refractivity contribution in [3.8, 4) is 5.75 Å². The molecule has 2 bridgehead atoms. The van der Waals surface area contributed by atoms with Crippen LogP contribution in [-0.2, 0) is 10.3 Å². The largest absolute Gasteiger partial charge is 0.460 e. The molecule has 2 aromatic rings. The number of aliphatic hydroxyl groups excluding tert-OH is 1.